The average Bonchev–Trinajstić information content (AvgIpc) is 3.06. The maximum atomic E-state index is 2.45. The van der Waals surface area contributed by atoms with Gasteiger partial charge in [-0.15, -0.1) is 0 Å². The van der Waals surface area contributed by atoms with E-state index in [1.807, 2.05) is 0 Å². The SMILES string of the molecule is C[SiH](C)c1ccc2c(c1)c1cccc3c4ccccc4n2c31. The summed E-state index contributed by atoms with van der Waals surface area (Å²) in [6, 6.07) is 22.6. The van der Waals surface area contributed by atoms with Gasteiger partial charge in [0.1, 0.15) is 0 Å². The van der Waals surface area contributed by atoms with E-state index in [2.05, 4.69) is 78.2 Å². The normalized spacial score (nSPS) is 12.5. The van der Waals surface area contributed by atoms with Crippen molar-refractivity contribution in [2.24, 2.45) is 0 Å². The summed E-state index contributed by atoms with van der Waals surface area (Å²) < 4.78 is 2.45. The van der Waals surface area contributed by atoms with E-state index < -0.39 is 8.80 Å². The van der Waals surface area contributed by atoms with Gasteiger partial charge >= 0.3 is 0 Å². The fourth-order valence-corrected chi connectivity index (χ4v) is 4.79. The third kappa shape index (κ3) is 1.38. The molecule has 2 heteroatoms. The molecule has 2 heterocycles. The highest BCUT2D eigenvalue weighted by Crippen LogP contribution is 2.38. The number of hydrogen-bond acceptors (Lipinski definition) is 0. The van der Waals surface area contributed by atoms with E-state index in [4.69, 9.17) is 0 Å². The molecule has 0 bridgehead atoms. The lowest BCUT2D eigenvalue weighted by Gasteiger charge is -2.04. The van der Waals surface area contributed by atoms with Crippen LogP contribution >= 0.6 is 0 Å². The molecule has 1 nitrogen and oxygen atoms in total. The Labute approximate surface area is 130 Å². The Morgan fingerprint density at radius 1 is 0.682 bits per heavy atom. The summed E-state index contributed by atoms with van der Waals surface area (Å²) in [5, 5.41) is 7.07. The highest BCUT2D eigenvalue weighted by molar-refractivity contribution is 6.71. The van der Waals surface area contributed by atoms with Crippen LogP contribution in [0.3, 0.4) is 0 Å². The van der Waals surface area contributed by atoms with Gasteiger partial charge in [-0.1, -0.05) is 66.8 Å². The van der Waals surface area contributed by atoms with Crippen LogP contribution in [0, 0.1) is 0 Å². The van der Waals surface area contributed by atoms with Gasteiger partial charge in [0, 0.05) is 21.5 Å². The van der Waals surface area contributed by atoms with Crippen LogP contribution in [-0.2, 0) is 0 Å². The van der Waals surface area contributed by atoms with E-state index >= 15 is 0 Å². The van der Waals surface area contributed by atoms with Crippen LogP contribution in [0.2, 0.25) is 13.1 Å². The van der Waals surface area contributed by atoms with Crippen LogP contribution in [0.5, 0.6) is 0 Å². The molecule has 0 amide bonds. The van der Waals surface area contributed by atoms with Crippen molar-refractivity contribution in [2.75, 3.05) is 0 Å². The minimum absolute atomic E-state index is 0.779. The molecule has 0 saturated carbocycles. The molecule has 0 aliphatic carbocycles. The Hall–Kier alpha value is -2.32. The van der Waals surface area contributed by atoms with Gasteiger partial charge in [-0.05, 0) is 12.1 Å². The number of hydrogen-bond donors (Lipinski definition) is 0. The molecule has 5 aromatic rings. The minimum Gasteiger partial charge on any atom is -0.308 e. The first-order valence-corrected chi connectivity index (χ1v) is 10.8. The lowest BCUT2D eigenvalue weighted by atomic mass is 10.1. The largest absolute Gasteiger partial charge is 0.308 e. The summed E-state index contributed by atoms with van der Waals surface area (Å²) in [7, 11) is -0.779. The van der Waals surface area contributed by atoms with Gasteiger partial charge in [0.25, 0.3) is 0 Å². The summed E-state index contributed by atoms with van der Waals surface area (Å²) in [5.74, 6) is 0. The Balaban J connectivity index is 2.12. The van der Waals surface area contributed by atoms with Gasteiger partial charge in [0.2, 0.25) is 0 Å². The first-order valence-electron chi connectivity index (χ1n) is 7.92. The Kier molecular flexibility index (Phi) is 2.29. The van der Waals surface area contributed by atoms with E-state index in [0.29, 0.717) is 0 Å². The molecule has 0 radical (unpaired) electrons. The van der Waals surface area contributed by atoms with Crippen molar-refractivity contribution in [1.29, 1.82) is 0 Å². The van der Waals surface area contributed by atoms with E-state index in [-0.39, 0.29) is 0 Å². The van der Waals surface area contributed by atoms with Crippen molar-refractivity contribution >= 4 is 52.1 Å². The monoisotopic (exact) mass is 299 g/mol. The average molecular weight is 299 g/mol. The number of benzene rings is 3. The first kappa shape index (κ1) is 12.2. The Morgan fingerprint density at radius 3 is 2.18 bits per heavy atom. The number of nitrogens with zero attached hydrogens (tertiary/aromatic N) is 1. The molecule has 0 atom stereocenters. The zero-order valence-corrected chi connectivity index (χ0v) is 14.0. The third-order valence-electron chi connectivity index (χ3n) is 4.91. The quantitative estimate of drug-likeness (QED) is 0.401. The maximum Gasteiger partial charge on any atom is 0.0647 e. The van der Waals surface area contributed by atoms with Crippen molar-refractivity contribution in [3.8, 4) is 0 Å². The zero-order chi connectivity index (χ0) is 14.8. The summed E-state index contributed by atoms with van der Waals surface area (Å²) in [5.41, 5.74) is 4.03. The fourth-order valence-electron chi connectivity index (χ4n) is 3.81. The summed E-state index contributed by atoms with van der Waals surface area (Å²) in [4.78, 5) is 0. The van der Waals surface area contributed by atoms with Crippen LogP contribution in [0.25, 0.3) is 38.1 Å². The van der Waals surface area contributed by atoms with Gasteiger partial charge in [-0.2, -0.15) is 0 Å². The molecule has 0 aliphatic heterocycles. The molecule has 0 unspecified atom stereocenters. The lowest BCUT2D eigenvalue weighted by molar-refractivity contribution is 1.37. The van der Waals surface area contributed by atoms with Crippen molar-refractivity contribution in [3.05, 3.63) is 60.7 Å². The van der Waals surface area contributed by atoms with Crippen LogP contribution in [0.15, 0.2) is 60.7 Å². The van der Waals surface area contributed by atoms with Crippen LogP contribution < -0.4 is 5.19 Å². The summed E-state index contributed by atoms with van der Waals surface area (Å²) >= 11 is 0. The highest BCUT2D eigenvalue weighted by atomic mass is 28.3. The predicted octanol–water partition coefficient (Wildman–Crippen LogP) is 4.53. The number of fused-ring (bicyclic) bond motifs is 6. The summed E-state index contributed by atoms with van der Waals surface area (Å²) in [6.45, 7) is 4.79. The molecule has 0 N–H and O–H groups in total. The van der Waals surface area contributed by atoms with Gasteiger partial charge in [0.05, 0.1) is 25.3 Å². The molecule has 0 saturated heterocycles. The van der Waals surface area contributed by atoms with E-state index in [0.717, 1.165) is 0 Å². The fraction of sp³-hybridized carbons (Fsp3) is 0.100. The third-order valence-corrected chi connectivity index (χ3v) is 6.61. The van der Waals surface area contributed by atoms with Crippen LogP contribution in [0.1, 0.15) is 0 Å². The minimum atomic E-state index is -0.779. The molecule has 2 aromatic heterocycles. The van der Waals surface area contributed by atoms with Crippen molar-refractivity contribution < 1.29 is 0 Å². The standard InChI is InChI=1S/C20H17NSi/c1-22(2)13-10-11-19-17(12-13)16-8-5-7-15-14-6-3-4-9-18(14)21(19)20(15)16/h3-12,22H,1-2H3. The zero-order valence-electron chi connectivity index (χ0n) is 12.8. The van der Waals surface area contributed by atoms with Crippen LogP contribution in [-0.4, -0.2) is 13.2 Å². The Morgan fingerprint density at radius 2 is 1.36 bits per heavy atom. The van der Waals surface area contributed by atoms with Crippen LogP contribution in [0.4, 0.5) is 0 Å². The molecule has 0 spiro atoms. The first-order chi connectivity index (χ1) is 10.8. The topological polar surface area (TPSA) is 4.41 Å². The number of aromatic nitrogens is 1. The lowest BCUT2D eigenvalue weighted by Crippen LogP contribution is -2.21. The van der Waals surface area contributed by atoms with Crippen molar-refractivity contribution in [1.82, 2.24) is 4.40 Å². The van der Waals surface area contributed by atoms with Gasteiger partial charge in [0.15, 0.2) is 0 Å². The molecular formula is C20H17NSi. The highest BCUT2D eigenvalue weighted by Gasteiger charge is 2.17. The maximum absolute atomic E-state index is 2.45. The van der Waals surface area contributed by atoms with E-state index in [9.17, 15) is 0 Å². The smallest absolute Gasteiger partial charge is 0.0647 e. The molecule has 0 aliphatic rings. The molecule has 0 fully saturated rings. The molecule has 22 heavy (non-hydrogen) atoms. The van der Waals surface area contributed by atoms with Crippen molar-refractivity contribution in [2.45, 2.75) is 13.1 Å². The van der Waals surface area contributed by atoms with Gasteiger partial charge < -0.3 is 4.40 Å². The molecule has 106 valence electrons. The number of para-hydroxylation sites is 2. The number of rotatable bonds is 1. The second-order valence-corrected chi connectivity index (χ2v) is 9.46. The second-order valence-electron chi connectivity index (χ2n) is 6.49. The van der Waals surface area contributed by atoms with Gasteiger partial charge in [-0.25, -0.2) is 0 Å². The summed E-state index contributed by atoms with van der Waals surface area (Å²) in [6.07, 6.45) is 0. The van der Waals surface area contributed by atoms with Gasteiger partial charge in [-0.3, -0.25) is 0 Å². The molecule has 3 aromatic carbocycles. The van der Waals surface area contributed by atoms with E-state index in [1.165, 1.54) is 38.1 Å². The molecular weight excluding hydrogens is 282 g/mol. The molecule has 5 rings (SSSR count). The second kappa shape index (κ2) is 4.11. The van der Waals surface area contributed by atoms with Crippen molar-refractivity contribution in [3.63, 3.8) is 0 Å². The Bertz CT molecular complexity index is 1150. The predicted molar refractivity (Wildman–Crippen MR) is 99.6 cm³/mol. The van der Waals surface area contributed by atoms with E-state index in [1.54, 1.807) is 5.19 Å².